The minimum atomic E-state index is -4.38. The molecule has 1 aromatic carbocycles. The first-order valence-corrected chi connectivity index (χ1v) is 9.28. The zero-order chi connectivity index (χ0) is 16.7. The molecule has 0 heterocycles. The van der Waals surface area contributed by atoms with Crippen LogP contribution in [0.3, 0.4) is 0 Å². The van der Waals surface area contributed by atoms with Crippen LogP contribution in [0.25, 0.3) is 0 Å². The van der Waals surface area contributed by atoms with Crippen molar-refractivity contribution in [3.8, 4) is 5.75 Å². The first-order valence-electron chi connectivity index (χ1n) is 7.91. The molecule has 0 fully saturated rings. The van der Waals surface area contributed by atoms with Crippen molar-refractivity contribution >= 4 is 10.4 Å². The maximum Gasteiger partial charge on any atom is 0.446 e. The van der Waals surface area contributed by atoms with Crippen LogP contribution in [-0.4, -0.2) is 19.5 Å². The minimum absolute atomic E-state index is 0.0926. The van der Waals surface area contributed by atoms with Crippen molar-refractivity contribution in [3.63, 3.8) is 0 Å². The van der Waals surface area contributed by atoms with Gasteiger partial charge in [-0.25, -0.2) is 0 Å². The molecule has 22 heavy (non-hydrogen) atoms. The molecule has 0 amide bonds. The summed E-state index contributed by atoms with van der Waals surface area (Å²) in [4.78, 5) is 0. The Kier molecular flexibility index (Phi) is 12.9. The fraction of sp³-hybridized carbons (Fsp3) is 0.625. The number of nitrogens with two attached hydrogens (primary N) is 1. The van der Waals surface area contributed by atoms with E-state index in [1.165, 1.54) is 63.5 Å². The van der Waals surface area contributed by atoms with E-state index in [4.69, 9.17) is 10.3 Å². The minimum Gasteiger partial charge on any atom is -0.362 e. The number of benzene rings is 1. The summed E-state index contributed by atoms with van der Waals surface area (Å²) >= 11 is 0. The van der Waals surface area contributed by atoms with Gasteiger partial charge in [-0.2, -0.15) is 8.42 Å². The van der Waals surface area contributed by atoms with Gasteiger partial charge in [-0.15, -0.1) is 0 Å². The van der Waals surface area contributed by atoms with Crippen LogP contribution in [0.5, 0.6) is 5.75 Å². The normalized spacial score (nSPS) is 10.7. The van der Waals surface area contributed by atoms with Gasteiger partial charge in [0.2, 0.25) is 0 Å². The fourth-order valence-electron chi connectivity index (χ4n) is 1.88. The Bertz CT molecular complexity index is 440. The standard InChI is InChI=1S/C10H23N.C6H6O4S/c1-2-3-4-5-6-7-8-9-10-11;7-11(8,9)10-6-4-2-1-3-5-6/h2-11H2,1H3;1-5H,(H,7,8,9). The lowest BCUT2D eigenvalue weighted by atomic mass is 10.1. The topological polar surface area (TPSA) is 89.6 Å². The van der Waals surface area contributed by atoms with E-state index in [1.807, 2.05) is 0 Å². The molecule has 0 aliphatic heterocycles. The number of rotatable bonds is 10. The van der Waals surface area contributed by atoms with E-state index in [2.05, 4.69) is 11.1 Å². The van der Waals surface area contributed by atoms with Gasteiger partial charge in [0.1, 0.15) is 5.75 Å². The Labute approximate surface area is 134 Å². The van der Waals surface area contributed by atoms with Crippen LogP contribution in [0.15, 0.2) is 30.3 Å². The van der Waals surface area contributed by atoms with E-state index >= 15 is 0 Å². The largest absolute Gasteiger partial charge is 0.446 e. The monoisotopic (exact) mass is 331 g/mol. The third-order valence-electron chi connectivity index (χ3n) is 3.00. The third-order valence-corrected chi connectivity index (χ3v) is 3.41. The van der Waals surface area contributed by atoms with Crippen molar-refractivity contribution in [2.45, 2.75) is 58.3 Å². The molecule has 1 aromatic rings. The van der Waals surface area contributed by atoms with E-state index < -0.39 is 10.4 Å². The Morgan fingerprint density at radius 2 is 1.45 bits per heavy atom. The molecule has 0 atom stereocenters. The zero-order valence-electron chi connectivity index (χ0n) is 13.4. The Morgan fingerprint density at radius 3 is 1.91 bits per heavy atom. The molecule has 1 rings (SSSR count). The van der Waals surface area contributed by atoms with Gasteiger partial charge >= 0.3 is 10.4 Å². The van der Waals surface area contributed by atoms with E-state index in [0.29, 0.717) is 0 Å². The van der Waals surface area contributed by atoms with Crippen molar-refractivity contribution in [2.24, 2.45) is 5.73 Å². The lowest BCUT2D eigenvalue weighted by Crippen LogP contribution is -2.06. The second-order valence-electron chi connectivity index (χ2n) is 5.09. The van der Waals surface area contributed by atoms with E-state index in [-0.39, 0.29) is 5.75 Å². The average molecular weight is 331 g/mol. The molecule has 0 saturated heterocycles. The quantitative estimate of drug-likeness (QED) is 0.500. The number of unbranched alkanes of at least 4 members (excludes halogenated alkanes) is 7. The second-order valence-corrected chi connectivity index (χ2v) is 6.11. The first-order chi connectivity index (χ1) is 10.5. The molecular formula is C16H29NO4S. The van der Waals surface area contributed by atoms with Crippen molar-refractivity contribution in [2.75, 3.05) is 6.54 Å². The summed E-state index contributed by atoms with van der Waals surface area (Å²) < 4.78 is 32.6. The van der Waals surface area contributed by atoms with Gasteiger partial charge < -0.3 is 9.92 Å². The summed E-state index contributed by atoms with van der Waals surface area (Å²) in [5, 5.41) is 0. The molecule has 6 heteroatoms. The smallest absolute Gasteiger partial charge is 0.362 e. The molecule has 5 nitrogen and oxygen atoms in total. The van der Waals surface area contributed by atoms with Crippen molar-refractivity contribution < 1.29 is 17.2 Å². The summed E-state index contributed by atoms with van der Waals surface area (Å²) in [6.45, 7) is 3.13. The van der Waals surface area contributed by atoms with E-state index in [9.17, 15) is 8.42 Å². The molecule has 0 radical (unpaired) electrons. The van der Waals surface area contributed by atoms with Crippen molar-refractivity contribution in [1.82, 2.24) is 0 Å². The maximum atomic E-state index is 10.1. The highest BCUT2D eigenvalue weighted by Crippen LogP contribution is 2.10. The van der Waals surface area contributed by atoms with Crippen LogP contribution in [0.4, 0.5) is 0 Å². The maximum absolute atomic E-state index is 10.1. The van der Waals surface area contributed by atoms with Crippen LogP contribution in [0.1, 0.15) is 58.3 Å². The van der Waals surface area contributed by atoms with Gasteiger partial charge in [-0.1, -0.05) is 70.1 Å². The van der Waals surface area contributed by atoms with E-state index in [0.717, 1.165) is 6.54 Å². The first kappa shape index (κ1) is 20.9. The Morgan fingerprint density at radius 1 is 0.955 bits per heavy atom. The van der Waals surface area contributed by atoms with Gasteiger partial charge in [0.25, 0.3) is 0 Å². The molecule has 0 aromatic heterocycles. The summed E-state index contributed by atoms with van der Waals surface area (Å²) in [6, 6.07) is 7.75. The average Bonchev–Trinajstić information content (AvgIpc) is 2.46. The Balaban J connectivity index is 0.000000401. The van der Waals surface area contributed by atoms with Crippen LogP contribution >= 0.6 is 0 Å². The van der Waals surface area contributed by atoms with Gasteiger partial charge in [-0.05, 0) is 25.1 Å². The second kappa shape index (κ2) is 13.5. The predicted molar refractivity (Wildman–Crippen MR) is 90.3 cm³/mol. The highest BCUT2D eigenvalue weighted by Gasteiger charge is 2.04. The van der Waals surface area contributed by atoms with Gasteiger partial charge in [0.15, 0.2) is 0 Å². The van der Waals surface area contributed by atoms with Gasteiger partial charge in [0, 0.05) is 0 Å². The lowest BCUT2D eigenvalue weighted by Gasteiger charge is -1.99. The highest BCUT2D eigenvalue weighted by molar-refractivity contribution is 7.81. The molecule has 0 aliphatic carbocycles. The van der Waals surface area contributed by atoms with Crippen molar-refractivity contribution in [1.29, 1.82) is 0 Å². The predicted octanol–water partition coefficient (Wildman–Crippen LogP) is 3.95. The summed E-state index contributed by atoms with van der Waals surface area (Å²) in [7, 11) is -4.38. The highest BCUT2D eigenvalue weighted by atomic mass is 32.3. The SMILES string of the molecule is CCCCCCCCCCN.O=S(=O)(O)Oc1ccccc1. The summed E-state index contributed by atoms with van der Waals surface area (Å²) in [6.07, 6.45) is 11.0. The Hall–Kier alpha value is -1.11. The molecule has 0 unspecified atom stereocenters. The van der Waals surface area contributed by atoms with E-state index in [1.54, 1.807) is 18.2 Å². The molecular weight excluding hydrogens is 302 g/mol. The number of hydrogen-bond donors (Lipinski definition) is 2. The van der Waals surface area contributed by atoms with Gasteiger partial charge in [-0.3, -0.25) is 4.55 Å². The molecule has 0 aliphatic rings. The molecule has 0 bridgehead atoms. The summed E-state index contributed by atoms with van der Waals surface area (Å²) in [5.74, 6) is 0.0926. The summed E-state index contributed by atoms with van der Waals surface area (Å²) in [5.41, 5.74) is 5.39. The molecule has 0 spiro atoms. The molecule has 128 valence electrons. The van der Waals surface area contributed by atoms with Crippen LogP contribution < -0.4 is 9.92 Å². The molecule has 0 saturated carbocycles. The van der Waals surface area contributed by atoms with Crippen LogP contribution in [0, 0.1) is 0 Å². The lowest BCUT2D eigenvalue weighted by molar-refractivity contribution is 0.387. The van der Waals surface area contributed by atoms with Crippen LogP contribution in [-0.2, 0) is 10.4 Å². The molecule has 3 N–H and O–H groups in total. The van der Waals surface area contributed by atoms with Crippen LogP contribution in [0.2, 0.25) is 0 Å². The fourth-order valence-corrected chi connectivity index (χ4v) is 2.23. The third kappa shape index (κ3) is 15.3. The number of hydrogen-bond acceptors (Lipinski definition) is 4. The zero-order valence-corrected chi connectivity index (χ0v) is 14.2. The van der Waals surface area contributed by atoms with Crippen molar-refractivity contribution in [3.05, 3.63) is 30.3 Å². The van der Waals surface area contributed by atoms with Gasteiger partial charge in [0.05, 0.1) is 0 Å². The number of para-hydroxylation sites is 1.